The van der Waals surface area contributed by atoms with Crippen LogP contribution in [0.25, 0.3) is 0 Å². The van der Waals surface area contributed by atoms with Crippen LogP contribution in [0.2, 0.25) is 0 Å². The van der Waals surface area contributed by atoms with Gasteiger partial charge in [0, 0.05) is 0 Å². The van der Waals surface area contributed by atoms with E-state index in [0.717, 1.165) is 51.4 Å². The van der Waals surface area contributed by atoms with Crippen LogP contribution in [-0.2, 0) is 19.1 Å². The van der Waals surface area contributed by atoms with E-state index in [1.54, 1.807) is 0 Å². The van der Waals surface area contributed by atoms with Gasteiger partial charge in [0.2, 0.25) is 0 Å². The maximum absolute atomic E-state index is 12.8. The molecule has 0 saturated heterocycles. The van der Waals surface area contributed by atoms with Crippen LogP contribution in [0, 0.1) is 11.8 Å². The van der Waals surface area contributed by atoms with Gasteiger partial charge in [-0.25, -0.2) is 0 Å². The van der Waals surface area contributed by atoms with Crippen molar-refractivity contribution in [3.63, 3.8) is 0 Å². The van der Waals surface area contributed by atoms with Gasteiger partial charge in [-0.3, -0.25) is 9.59 Å². The summed E-state index contributed by atoms with van der Waals surface area (Å²) in [4.78, 5) is 25.6. The Bertz CT molecular complexity index is 552. The summed E-state index contributed by atoms with van der Waals surface area (Å²) >= 11 is 0. The van der Waals surface area contributed by atoms with Gasteiger partial charge in [0.15, 0.2) is 0 Å². The Balaban J connectivity index is 2.00. The summed E-state index contributed by atoms with van der Waals surface area (Å²) < 4.78 is 11.3. The van der Waals surface area contributed by atoms with E-state index < -0.39 is 0 Å². The van der Waals surface area contributed by atoms with Crippen LogP contribution in [-0.4, -0.2) is 25.2 Å². The van der Waals surface area contributed by atoms with Crippen molar-refractivity contribution >= 4 is 11.9 Å². The maximum atomic E-state index is 12.8. The Morgan fingerprint density at radius 2 is 0.643 bits per heavy atom. The lowest BCUT2D eigenvalue weighted by atomic mass is 9.79. The fourth-order valence-corrected chi connectivity index (χ4v) is 6.49. The van der Waals surface area contributed by atoms with Crippen LogP contribution in [0.1, 0.15) is 206 Å². The van der Waals surface area contributed by atoms with Gasteiger partial charge in [0.25, 0.3) is 0 Å². The van der Waals surface area contributed by atoms with E-state index in [9.17, 15) is 9.59 Å². The zero-order valence-corrected chi connectivity index (χ0v) is 28.4. The van der Waals surface area contributed by atoms with E-state index >= 15 is 0 Å². The molecule has 42 heavy (non-hydrogen) atoms. The third-order valence-electron chi connectivity index (χ3n) is 9.36. The molecular weight excluding hydrogens is 520 g/mol. The Hall–Kier alpha value is -1.06. The highest BCUT2D eigenvalue weighted by Crippen LogP contribution is 2.32. The van der Waals surface area contributed by atoms with Crippen molar-refractivity contribution in [2.75, 3.05) is 13.2 Å². The van der Waals surface area contributed by atoms with Gasteiger partial charge in [-0.2, -0.15) is 0 Å². The van der Waals surface area contributed by atoms with Gasteiger partial charge in [0.1, 0.15) is 0 Å². The summed E-state index contributed by atoms with van der Waals surface area (Å²) in [5.41, 5.74) is 0. The van der Waals surface area contributed by atoms with E-state index in [0.29, 0.717) is 13.2 Å². The van der Waals surface area contributed by atoms with Crippen LogP contribution in [0.15, 0.2) is 0 Å². The molecule has 248 valence electrons. The predicted octanol–water partition coefficient (Wildman–Crippen LogP) is 12.1. The monoisotopic (exact) mass is 593 g/mol. The summed E-state index contributed by atoms with van der Waals surface area (Å²) in [6, 6.07) is 0. The fraction of sp³-hybridized carbons (Fsp3) is 0.947. The standard InChI is InChI=1S/C38H72O4/c1-3-5-7-9-11-13-15-17-19-21-23-25-29-33-41-37(39)35-31-27-28-32-36(35)38(40)42-34-30-26-24-22-20-18-16-14-12-10-8-6-4-2/h35-36H,3-34H2,1-2H3. The number of carbonyl (C=O) groups excluding carboxylic acids is 2. The summed E-state index contributed by atoms with van der Waals surface area (Å²) in [6.45, 7) is 5.54. The van der Waals surface area contributed by atoms with Crippen molar-refractivity contribution in [2.24, 2.45) is 11.8 Å². The highest BCUT2D eigenvalue weighted by atomic mass is 16.5. The number of carbonyl (C=O) groups is 2. The molecule has 0 spiro atoms. The number of esters is 2. The van der Waals surface area contributed by atoms with Crippen LogP contribution in [0.5, 0.6) is 0 Å². The molecule has 0 aromatic heterocycles. The van der Waals surface area contributed by atoms with Crippen molar-refractivity contribution in [1.29, 1.82) is 0 Å². The maximum Gasteiger partial charge on any atom is 0.309 e. The van der Waals surface area contributed by atoms with Gasteiger partial charge in [-0.1, -0.05) is 181 Å². The van der Waals surface area contributed by atoms with Crippen LogP contribution >= 0.6 is 0 Å². The Labute approximate surface area is 262 Å². The summed E-state index contributed by atoms with van der Waals surface area (Å²) in [5.74, 6) is -0.951. The minimum absolute atomic E-state index is 0.170. The molecule has 1 aliphatic carbocycles. The predicted molar refractivity (Wildman–Crippen MR) is 179 cm³/mol. The summed E-state index contributed by atoms with van der Waals surface area (Å²) in [7, 11) is 0. The number of unbranched alkanes of at least 4 members (excludes halogenated alkanes) is 24. The van der Waals surface area contributed by atoms with Gasteiger partial charge in [-0.05, 0) is 25.7 Å². The molecule has 0 aromatic carbocycles. The molecular formula is C38H72O4. The average molecular weight is 593 g/mol. The third-order valence-corrected chi connectivity index (χ3v) is 9.36. The van der Waals surface area contributed by atoms with Crippen molar-refractivity contribution < 1.29 is 19.1 Å². The quantitative estimate of drug-likeness (QED) is 0.0615. The largest absolute Gasteiger partial charge is 0.465 e. The van der Waals surface area contributed by atoms with Crippen LogP contribution in [0.4, 0.5) is 0 Å². The lowest BCUT2D eigenvalue weighted by Crippen LogP contribution is -2.35. The van der Waals surface area contributed by atoms with Crippen molar-refractivity contribution in [3.8, 4) is 0 Å². The first-order valence-corrected chi connectivity index (χ1v) is 19.0. The van der Waals surface area contributed by atoms with Crippen molar-refractivity contribution in [1.82, 2.24) is 0 Å². The molecule has 1 rings (SSSR count). The number of hydrogen-bond donors (Lipinski definition) is 0. The van der Waals surface area contributed by atoms with E-state index in [4.69, 9.17) is 9.47 Å². The lowest BCUT2D eigenvalue weighted by molar-refractivity contribution is -0.163. The molecule has 0 heterocycles. The Morgan fingerprint density at radius 1 is 0.405 bits per heavy atom. The number of hydrogen-bond acceptors (Lipinski definition) is 4. The second kappa shape index (κ2) is 30.0. The summed E-state index contributed by atoms with van der Waals surface area (Å²) in [5, 5.41) is 0. The molecule has 0 N–H and O–H groups in total. The van der Waals surface area contributed by atoms with Crippen molar-refractivity contribution in [3.05, 3.63) is 0 Å². The molecule has 1 saturated carbocycles. The number of ether oxygens (including phenoxy) is 2. The van der Waals surface area contributed by atoms with Gasteiger partial charge in [0.05, 0.1) is 25.0 Å². The number of rotatable bonds is 30. The molecule has 1 aliphatic rings. The molecule has 0 bridgehead atoms. The van der Waals surface area contributed by atoms with Crippen LogP contribution in [0.3, 0.4) is 0 Å². The lowest BCUT2D eigenvalue weighted by Gasteiger charge is -2.28. The molecule has 0 aliphatic heterocycles. The topological polar surface area (TPSA) is 52.6 Å². The second-order valence-corrected chi connectivity index (χ2v) is 13.3. The molecule has 0 amide bonds. The zero-order valence-electron chi connectivity index (χ0n) is 28.4. The molecule has 2 atom stereocenters. The van der Waals surface area contributed by atoms with Gasteiger partial charge in [-0.15, -0.1) is 0 Å². The summed E-state index contributed by atoms with van der Waals surface area (Å²) in [6.07, 6.45) is 37.5. The Morgan fingerprint density at radius 3 is 0.905 bits per heavy atom. The van der Waals surface area contributed by atoms with Crippen molar-refractivity contribution in [2.45, 2.75) is 206 Å². The first-order valence-electron chi connectivity index (χ1n) is 19.0. The minimum Gasteiger partial charge on any atom is -0.465 e. The SMILES string of the molecule is CCCCCCCCCCCCCCCOC(=O)C1CCCCC1C(=O)OCCCCCCCCCCCCCCC. The van der Waals surface area contributed by atoms with Gasteiger partial charge < -0.3 is 9.47 Å². The fourth-order valence-electron chi connectivity index (χ4n) is 6.49. The highest BCUT2D eigenvalue weighted by molar-refractivity contribution is 5.82. The molecule has 4 nitrogen and oxygen atoms in total. The minimum atomic E-state index is -0.306. The first-order chi connectivity index (χ1) is 20.7. The first kappa shape index (κ1) is 39.0. The smallest absolute Gasteiger partial charge is 0.309 e. The van der Waals surface area contributed by atoms with Crippen LogP contribution < -0.4 is 0 Å². The average Bonchev–Trinajstić information content (AvgIpc) is 3.01. The van der Waals surface area contributed by atoms with E-state index in [1.807, 2.05) is 0 Å². The molecule has 4 heteroatoms. The molecule has 0 radical (unpaired) electrons. The Kier molecular flexibility index (Phi) is 27.8. The van der Waals surface area contributed by atoms with E-state index in [1.165, 1.54) is 141 Å². The van der Waals surface area contributed by atoms with E-state index in [-0.39, 0.29) is 23.8 Å². The normalized spacial score (nSPS) is 16.9. The second-order valence-electron chi connectivity index (χ2n) is 13.3. The van der Waals surface area contributed by atoms with E-state index in [2.05, 4.69) is 13.8 Å². The van der Waals surface area contributed by atoms with Gasteiger partial charge >= 0.3 is 11.9 Å². The third kappa shape index (κ3) is 22.5. The zero-order chi connectivity index (χ0) is 30.4. The molecule has 1 fully saturated rings. The molecule has 0 aromatic rings. The molecule has 2 unspecified atom stereocenters. The highest BCUT2D eigenvalue weighted by Gasteiger charge is 2.37.